The minimum absolute atomic E-state index is 0.344. The van der Waals surface area contributed by atoms with Crippen LogP contribution in [0.15, 0.2) is 54.6 Å². The molecule has 3 aromatic carbocycles. The van der Waals surface area contributed by atoms with E-state index in [2.05, 4.69) is 73.0 Å². The van der Waals surface area contributed by atoms with Crippen molar-refractivity contribution < 1.29 is 19.3 Å². The minimum Gasteiger partial charge on any atom is -0.508 e. The summed E-state index contributed by atoms with van der Waals surface area (Å²) < 4.78 is 17.4. The number of methoxy groups -OCH3 is 2. The fourth-order valence-electron chi connectivity index (χ4n) is 5.60. The lowest BCUT2D eigenvalue weighted by Crippen LogP contribution is -2.27. The van der Waals surface area contributed by atoms with Crippen LogP contribution in [0.25, 0.3) is 0 Å². The summed E-state index contributed by atoms with van der Waals surface area (Å²) in [5.41, 5.74) is 6.26. The molecule has 6 nitrogen and oxygen atoms in total. The zero-order chi connectivity index (χ0) is 27.8. The molecule has 3 aromatic rings. The average Bonchev–Trinajstić information content (AvgIpc) is 2.98. The molecule has 0 heterocycles. The monoisotopic (exact) mass is 532 g/mol. The third-order valence-electron chi connectivity index (χ3n) is 7.98. The molecule has 1 unspecified atom stereocenters. The molecule has 1 atom stereocenters. The van der Waals surface area contributed by atoms with Gasteiger partial charge in [-0.2, -0.15) is 0 Å². The highest BCUT2D eigenvalue weighted by atomic mass is 16.5. The molecule has 0 radical (unpaired) electrons. The highest BCUT2D eigenvalue weighted by Crippen LogP contribution is 2.43. The Labute approximate surface area is 234 Å². The predicted molar refractivity (Wildman–Crippen MR) is 159 cm³/mol. The Hall–Kier alpha value is -3.38. The lowest BCUT2D eigenvalue weighted by atomic mass is 9.79. The lowest BCUT2D eigenvalue weighted by Gasteiger charge is -2.32. The number of hydrogen-bond acceptors (Lipinski definition) is 6. The van der Waals surface area contributed by atoms with Crippen molar-refractivity contribution in [2.75, 3.05) is 51.9 Å². The topological polar surface area (TPSA) is 54.4 Å². The number of anilines is 1. The van der Waals surface area contributed by atoms with Gasteiger partial charge in [0.2, 0.25) is 0 Å². The fourth-order valence-corrected chi connectivity index (χ4v) is 5.60. The van der Waals surface area contributed by atoms with Gasteiger partial charge in [0.1, 0.15) is 18.1 Å². The molecule has 0 saturated carbocycles. The summed E-state index contributed by atoms with van der Waals surface area (Å²) in [5, 5.41) is 9.94. The van der Waals surface area contributed by atoms with Crippen molar-refractivity contribution in [1.29, 1.82) is 0 Å². The average molecular weight is 533 g/mol. The van der Waals surface area contributed by atoms with E-state index in [-0.39, 0.29) is 0 Å². The molecule has 0 amide bonds. The molecule has 0 aromatic heterocycles. The van der Waals surface area contributed by atoms with Crippen LogP contribution in [-0.2, 0) is 19.4 Å². The van der Waals surface area contributed by atoms with Gasteiger partial charge >= 0.3 is 0 Å². The first kappa shape index (κ1) is 28.6. The number of likely N-dealkylation sites (N-methyl/N-ethyl adjacent to an activating group) is 1. The van der Waals surface area contributed by atoms with Crippen molar-refractivity contribution in [2.45, 2.75) is 52.5 Å². The van der Waals surface area contributed by atoms with E-state index in [4.69, 9.17) is 14.2 Å². The summed E-state index contributed by atoms with van der Waals surface area (Å²) in [6, 6.07) is 18.6. The van der Waals surface area contributed by atoms with Crippen LogP contribution in [0, 0.1) is 0 Å². The lowest BCUT2D eigenvalue weighted by molar-refractivity contribution is 0.223. The number of phenols is 1. The SMILES string of the molecule is CCN(CC)CCOc1ccc(CN(CC)c2cc(OC)c(OC)cc2C2CCc3cc(O)ccc3C2)cc1. The van der Waals surface area contributed by atoms with Crippen LogP contribution in [0.5, 0.6) is 23.0 Å². The van der Waals surface area contributed by atoms with E-state index in [0.29, 0.717) is 18.3 Å². The number of ether oxygens (including phenoxy) is 3. The van der Waals surface area contributed by atoms with Crippen LogP contribution >= 0.6 is 0 Å². The first-order valence-electron chi connectivity index (χ1n) is 14.2. The Bertz CT molecular complexity index is 1210. The standard InChI is InChI=1S/C33H44N2O4/c1-6-34(7-2)17-18-39-29-15-9-24(10-16-29)23-35(8-3)31-22-33(38-5)32(37-4)21-30(31)27-12-11-26-20-28(36)14-13-25(26)19-27/h9-10,13-16,20-22,27,36H,6-8,11-12,17-19,23H2,1-5H3. The molecule has 0 bridgehead atoms. The predicted octanol–water partition coefficient (Wildman–Crippen LogP) is 6.43. The highest BCUT2D eigenvalue weighted by molar-refractivity contribution is 5.64. The Morgan fingerprint density at radius 1 is 0.846 bits per heavy atom. The highest BCUT2D eigenvalue weighted by Gasteiger charge is 2.26. The van der Waals surface area contributed by atoms with Gasteiger partial charge < -0.3 is 29.1 Å². The Morgan fingerprint density at radius 2 is 1.56 bits per heavy atom. The number of rotatable bonds is 13. The molecule has 1 aliphatic carbocycles. The second-order valence-electron chi connectivity index (χ2n) is 10.2. The van der Waals surface area contributed by atoms with Crippen molar-refractivity contribution in [3.05, 3.63) is 76.9 Å². The van der Waals surface area contributed by atoms with E-state index >= 15 is 0 Å². The van der Waals surface area contributed by atoms with Gasteiger partial charge in [0.05, 0.1) is 14.2 Å². The van der Waals surface area contributed by atoms with Crippen molar-refractivity contribution in [2.24, 2.45) is 0 Å². The van der Waals surface area contributed by atoms with Crippen LogP contribution in [-0.4, -0.2) is 57.0 Å². The maximum absolute atomic E-state index is 9.94. The van der Waals surface area contributed by atoms with Gasteiger partial charge in [0, 0.05) is 31.4 Å². The number of fused-ring (bicyclic) bond motifs is 1. The third kappa shape index (κ3) is 6.99. The van der Waals surface area contributed by atoms with Crippen LogP contribution < -0.4 is 19.1 Å². The van der Waals surface area contributed by atoms with Crippen LogP contribution in [0.2, 0.25) is 0 Å². The maximum atomic E-state index is 9.94. The van der Waals surface area contributed by atoms with E-state index in [1.165, 1.54) is 27.9 Å². The van der Waals surface area contributed by atoms with Crippen LogP contribution in [0.1, 0.15) is 55.4 Å². The van der Waals surface area contributed by atoms with Gasteiger partial charge in [-0.15, -0.1) is 0 Å². The van der Waals surface area contributed by atoms with Gasteiger partial charge in [-0.05, 0) is 97.8 Å². The Morgan fingerprint density at radius 3 is 2.23 bits per heavy atom. The third-order valence-corrected chi connectivity index (χ3v) is 7.98. The zero-order valence-electron chi connectivity index (χ0n) is 24.2. The van der Waals surface area contributed by atoms with E-state index in [0.717, 1.165) is 69.2 Å². The number of phenolic OH excluding ortho intramolecular Hbond substituents is 1. The summed E-state index contributed by atoms with van der Waals surface area (Å²) in [6.45, 7) is 11.9. The quantitative estimate of drug-likeness (QED) is 0.274. The molecule has 1 N–H and O–H groups in total. The van der Waals surface area contributed by atoms with E-state index in [1.54, 1.807) is 20.3 Å². The van der Waals surface area contributed by atoms with Crippen LogP contribution in [0.4, 0.5) is 5.69 Å². The van der Waals surface area contributed by atoms with Crippen molar-refractivity contribution in [3.8, 4) is 23.0 Å². The summed E-state index contributed by atoms with van der Waals surface area (Å²) >= 11 is 0. The molecule has 210 valence electrons. The number of benzene rings is 3. The molecule has 4 rings (SSSR count). The zero-order valence-corrected chi connectivity index (χ0v) is 24.2. The van der Waals surface area contributed by atoms with E-state index in [1.807, 2.05) is 6.07 Å². The minimum atomic E-state index is 0.344. The summed E-state index contributed by atoms with van der Waals surface area (Å²) in [5.74, 6) is 3.11. The van der Waals surface area contributed by atoms with Crippen molar-refractivity contribution in [3.63, 3.8) is 0 Å². The Kier molecular flexibility index (Phi) is 9.99. The molecule has 1 aliphatic rings. The number of aryl methyl sites for hydroxylation is 1. The van der Waals surface area contributed by atoms with Gasteiger partial charge in [0.25, 0.3) is 0 Å². The van der Waals surface area contributed by atoms with Gasteiger partial charge in [-0.1, -0.05) is 32.0 Å². The number of nitrogens with zero attached hydrogens (tertiary/aromatic N) is 2. The maximum Gasteiger partial charge on any atom is 0.162 e. The van der Waals surface area contributed by atoms with E-state index < -0.39 is 0 Å². The molecular weight excluding hydrogens is 488 g/mol. The van der Waals surface area contributed by atoms with E-state index in [9.17, 15) is 5.11 Å². The van der Waals surface area contributed by atoms with Gasteiger partial charge in [-0.3, -0.25) is 0 Å². The Balaban J connectivity index is 1.55. The molecule has 0 spiro atoms. The molecular formula is C33H44N2O4. The van der Waals surface area contributed by atoms with Gasteiger partial charge in [0.15, 0.2) is 11.5 Å². The number of hydrogen-bond donors (Lipinski definition) is 1. The second kappa shape index (κ2) is 13.6. The smallest absolute Gasteiger partial charge is 0.162 e. The first-order valence-corrected chi connectivity index (χ1v) is 14.2. The van der Waals surface area contributed by atoms with Crippen LogP contribution in [0.3, 0.4) is 0 Å². The molecule has 0 saturated heterocycles. The second-order valence-corrected chi connectivity index (χ2v) is 10.2. The van der Waals surface area contributed by atoms with Crippen molar-refractivity contribution in [1.82, 2.24) is 4.90 Å². The molecule has 39 heavy (non-hydrogen) atoms. The summed E-state index contributed by atoms with van der Waals surface area (Å²) in [4.78, 5) is 4.78. The summed E-state index contributed by atoms with van der Waals surface area (Å²) in [7, 11) is 3.39. The first-order chi connectivity index (χ1) is 19.0. The normalized spacial score (nSPS) is 14.7. The fraction of sp³-hybridized carbons (Fsp3) is 0.455. The summed E-state index contributed by atoms with van der Waals surface area (Å²) in [6.07, 6.45) is 2.91. The molecule has 0 aliphatic heterocycles. The van der Waals surface area contributed by atoms with Crippen molar-refractivity contribution >= 4 is 5.69 Å². The van der Waals surface area contributed by atoms with Gasteiger partial charge in [-0.25, -0.2) is 0 Å². The largest absolute Gasteiger partial charge is 0.508 e. The molecule has 6 heteroatoms. The molecule has 0 fully saturated rings. The number of aromatic hydroxyl groups is 1.